The Labute approximate surface area is 197 Å². The molecular weight excluding hydrogens is 436 g/mol. The molecule has 34 heavy (non-hydrogen) atoms. The van der Waals surface area contributed by atoms with E-state index in [-0.39, 0.29) is 6.10 Å². The minimum absolute atomic E-state index is 0.0121. The average Bonchev–Trinajstić information content (AvgIpc) is 3.38. The second-order valence-electron chi connectivity index (χ2n) is 8.19. The lowest BCUT2D eigenvalue weighted by Gasteiger charge is -2.32. The van der Waals surface area contributed by atoms with Gasteiger partial charge in [0, 0.05) is 44.0 Å². The van der Waals surface area contributed by atoms with Crippen molar-refractivity contribution in [2.45, 2.75) is 19.6 Å². The first-order chi connectivity index (χ1) is 16.7. The molecular formula is C24H28N6O4. The Morgan fingerprint density at radius 1 is 1.32 bits per heavy atom. The number of carbonyl (C=O) groups excluding carboxylic acids is 1. The Kier molecular flexibility index (Phi) is 6.41. The fourth-order valence-electron chi connectivity index (χ4n) is 4.34. The number of carbonyl (C=O) groups is 1. The lowest BCUT2D eigenvalue weighted by molar-refractivity contribution is -0.0466. The van der Waals surface area contributed by atoms with Crippen LogP contribution in [0.3, 0.4) is 0 Å². The van der Waals surface area contributed by atoms with E-state index in [9.17, 15) is 4.79 Å². The standard InChI is InChI=1S/C24H28N6O4/c1-3-29-11-12-33-17(14-29)15-34-19-7-6-18-20(21(19)32-2)27-24(30-10-9-26-22(18)30)28-23(31)16-5-4-8-25-13-16/h4-8,13,17,26H,3,9-12,14-15H2,1-2H3. The van der Waals surface area contributed by atoms with Crippen LogP contribution in [0.15, 0.2) is 41.7 Å². The molecule has 1 amide bonds. The van der Waals surface area contributed by atoms with E-state index in [1.165, 1.54) is 6.20 Å². The highest BCUT2D eigenvalue weighted by Crippen LogP contribution is 2.37. The monoisotopic (exact) mass is 464 g/mol. The van der Waals surface area contributed by atoms with Gasteiger partial charge in [0.25, 0.3) is 5.91 Å². The van der Waals surface area contributed by atoms with Crippen LogP contribution >= 0.6 is 0 Å². The summed E-state index contributed by atoms with van der Waals surface area (Å²) in [5, 5.41) is 4.26. The molecule has 1 unspecified atom stereocenters. The largest absolute Gasteiger partial charge is 0.491 e. The fraction of sp³-hybridized carbons (Fsp3) is 0.417. The number of hydrogen-bond acceptors (Lipinski definition) is 8. The zero-order chi connectivity index (χ0) is 23.5. The van der Waals surface area contributed by atoms with Crippen LogP contribution in [0.25, 0.3) is 10.9 Å². The summed E-state index contributed by atoms with van der Waals surface area (Å²) in [5.41, 5.74) is 1.30. The second-order valence-corrected chi connectivity index (χ2v) is 8.19. The van der Waals surface area contributed by atoms with Crippen molar-refractivity contribution in [1.29, 1.82) is 0 Å². The van der Waals surface area contributed by atoms with Crippen molar-refractivity contribution in [1.82, 2.24) is 19.4 Å². The number of methoxy groups -OCH3 is 1. The van der Waals surface area contributed by atoms with Gasteiger partial charge in [0.15, 0.2) is 11.5 Å². The minimum atomic E-state index is -0.400. The van der Waals surface area contributed by atoms with E-state index in [0.717, 1.165) is 37.4 Å². The first-order valence-electron chi connectivity index (χ1n) is 11.5. The van der Waals surface area contributed by atoms with Gasteiger partial charge in [0.1, 0.15) is 24.0 Å². The Hall–Kier alpha value is -3.50. The molecule has 10 heteroatoms. The molecule has 1 fully saturated rings. The first kappa shape index (κ1) is 22.3. The predicted molar refractivity (Wildman–Crippen MR) is 126 cm³/mol. The van der Waals surface area contributed by atoms with Gasteiger partial charge >= 0.3 is 0 Å². The molecule has 1 aromatic carbocycles. The van der Waals surface area contributed by atoms with Crippen molar-refractivity contribution in [3.8, 4) is 11.5 Å². The van der Waals surface area contributed by atoms with Crippen molar-refractivity contribution in [2.24, 2.45) is 4.99 Å². The number of likely N-dealkylation sites (N-methyl/N-ethyl adjacent to an activating group) is 1. The maximum atomic E-state index is 12.7. The van der Waals surface area contributed by atoms with E-state index in [0.29, 0.717) is 48.0 Å². The second kappa shape index (κ2) is 9.78. The molecule has 2 aliphatic rings. The number of morpholine rings is 1. The van der Waals surface area contributed by atoms with Crippen molar-refractivity contribution in [2.75, 3.05) is 51.8 Å². The van der Waals surface area contributed by atoms with Crippen molar-refractivity contribution < 1.29 is 19.0 Å². The highest BCUT2D eigenvalue weighted by Gasteiger charge is 2.23. The lowest BCUT2D eigenvalue weighted by atomic mass is 10.2. The van der Waals surface area contributed by atoms with Gasteiger partial charge < -0.3 is 19.5 Å². The third-order valence-electron chi connectivity index (χ3n) is 6.11. The molecule has 5 rings (SSSR count). The quantitative estimate of drug-likeness (QED) is 0.588. The number of rotatable bonds is 6. The summed E-state index contributed by atoms with van der Waals surface area (Å²) < 4.78 is 19.6. The number of aromatic nitrogens is 3. The highest BCUT2D eigenvalue weighted by molar-refractivity contribution is 5.96. The molecule has 0 saturated carbocycles. The summed E-state index contributed by atoms with van der Waals surface area (Å²) in [7, 11) is 1.59. The number of nitrogens with zero attached hydrogens (tertiary/aromatic N) is 5. The molecule has 0 spiro atoms. The normalized spacial score (nSPS) is 18.5. The van der Waals surface area contributed by atoms with Crippen LogP contribution in [-0.4, -0.2) is 77.9 Å². The van der Waals surface area contributed by atoms with Crippen LogP contribution < -0.4 is 20.4 Å². The molecule has 2 aliphatic heterocycles. The van der Waals surface area contributed by atoms with Gasteiger partial charge in [-0.05, 0) is 30.8 Å². The number of hydrogen-bond donors (Lipinski definition) is 1. The number of ether oxygens (including phenoxy) is 3. The number of benzene rings is 1. The molecule has 2 aromatic heterocycles. The summed E-state index contributed by atoms with van der Waals surface area (Å²) in [6.45, 7) is 7.39. The van der Waals surface area contributed by atoms with E-state index >= 15 is 0 Å². The number of nitrogens with one attached hydrogen (secondary N) is 1. The molecule has 1 N–H and O–H groups in total. The zero-order valence-electron chi connectivity index (χ0n) is 19.4. The van der Waals surface area contributed by atoms with E-state index < -0.39 is 5.91 Å². The smallest absolute Gasteiger partial charge is 0.281 e. The SMILES string of the molecule is CCN1CCOC(COc2ccc3c4n(c(=NC(=O)c5cccnc5)nc3c2OC)CCN4)C1. The molecule has 0 radical (unpaired) electrons. The first-order valence-corrected chi connectivity index (χ1v) is 11.5. The van der Waals surface area contributed by atoms with Crippen LogP contribution in [0.5, 0.6) is 11.5 Å². The summed E-state index contributed by atoms with van der Waals surface area (Å²) in [4.78, 5) is 28.1. The molecule has 0 bridgehead atoms. The predicted octanol–water partition coefficient (Wildman–Crippen LogP) is 1.71. The van der Waals surface area contributed by atoms with Crippen LogP contribution in [0.4, 0.5) is 5.82 Å². The third-order valence-corrected chi connectivity index (χ3v) is 6.11. The Morgan fingerprint density at radius 2 is 2.24 bits per heavy atom. The number of fused-ring (bicyclic) bond motifs is 3. The van der Waals surface area contributed by atoms with E-state index in [1.807, 2.05) is 16.7 Å². The maximum Gasteiger partial charge on any atom is 0.281 e. The van der Waals surface area contributed by atoms with E-state index in [2.05, 4.69) is 27.1 Å². The van der Waals surface area contributed by atoms with Gasteiger partial charge in [0.2, 0.25) is 5.62 Å². The molecule has 10 nitrogen and oxygen atoms in total. The summed E-state index contributed by atoms with van der Waals surface area (Å²) in [5.74, 6) is 1.53. The van der Waals surface area contributed by atoms with Gasteiger partial charge in [-0.1, -0.05) is 6.92 Å². The minimum Gasteiger partial charge on any atom is -0.491 e. The topological polar surface area (TPSA) is 103 Å². The van der Waals surface area contributed by atoms with E-state index in [1.54, 1.807) is 25.4 Å². The molecule has 3 aromatic rings. The Morgan fingerprint density at radius 3 is 3.03 bits per heavy atom. The van der Waals surface area contributed by atoms with Gasteiger partial charge in [-0.3, -0.25) is 19.2 Å². The van der Waals surface area contributed by atoms with Gasteiger partial charge in [-0.25, -0.2) is 4.98 Å². The van der Waals surface area contributed by atoms with Crippen molar-refractivity contribution >= 4 is 22.6 Å². The number of anilines is 1. The molecule has 1 saturated heterocycles. The lowest BCUT2D eigenvalue weighted by Crippen LogP contribution is -2.44. The summed E-state index contributed by atoms with van der Waals surface area (Å²) in [6, 6.07) is 7.24. The van der Waals surface area contributed by atoms with Gasteiger partial charge in [0.05, 0.1) is 19.3 Å². The van der Waals surface area contributed by atoms with Crippen LogP contribution in [0.1, 0.15) is 17.3 Å². The van der Waals surface area contributed by atoms with E-state index in [4.69, 9.17) is 19.2 Å². The van der Waals surface area contributed by atoms with Crippen molar-refractivity contribution in [3.63, 3.8) is 0 Å². The van der Waals surface area contributed by atoms with Crippen molar-refractivity contribution in [3.05, 3.63) is 47.8 Å². The number of pyridine rings is 1. The zero-order valence-corrected chi connectivity index (χ0v) is 19.4. The van der Waals surface area contributed by atoms with Crippen LogP contribution in [-0.2, 0) is 11.3 Å². The highest BCUT2D eigenvalue weighted by atomic mass is 16.5. The number of amides is 1. The fourth-order valence-corrected chi connectivity index (χ4v) is 4.34. The van der Waals surface area contributed by atoms with Gasteiger partial charge in [-0.2, -0.15) is 4.99 Å². The third kappa shape index (κ3) is 4.34. The molecule has 0 aliphatic carbocycles. The van der Waals surface area contributed by atoms with Crippen LogP contribution in [0, 0.1) is 0 Å². The molecule has 1 atom stereocenters. The Bertz CT molecular complexity index is 1260. The molecule has 4 heterocycles. The molecule has 178 valence electrons. The Balaban J connectivity index is 1.51. The van der Waals surface area contributed by atoms with Crippen LogP contribution in [0.2, 0.25) is 0 Å². The van der Waals surface area contributed by atoms with Gasteiger partial charge in [-0.15, -0.1) is 0 Å². The summed E-state index contributed by atoms with van der Waals surface area (Å²) in [6.07, 6.45) is 3.10. The maximum absolute atomic E-state index is 12.7. The summed E-state index contributed by atoms with van der Waals surface area (Å²) >= 11 is 0. The average molecular weight is 465 g/mol.